The number of carbonyl (C=O) groups excluding carboxylic acids is 4. The van der Waals surface area contributed by atoms with Crippen molar-refractivity contribution < 1.29 is 28.3 Å². The first-order valence-electron chi connectivity index (χ1n) is 7.66. The first-order valence-corrected chi connectivity index (χ1v) is 8.47. The topological polar surface area (TPSA) is 98.0 Å². The smallest absolute Gasteiger partial charge is 0.325 e. The molecule has 26 heavy (non-hydrogen) atoms. The summed E-state index contributed by atoms with van der Waals surface area (Å²) in [5, 5.41) is 0. The summed E-state index contributed by atoms with van der Waals surface area (Å²) in [7, 11) is 1.19. The van der Waals surface area contributed by atoms with E-state index in [1.165, 1.54) is 23.8 Å². The number of carbonyl (C=O) groups is 4. The van der Waals surface area contributed by atoms with Crippen molar-refractivity contribution in [3.8, 4) is 0 Å². The molecule has 0 aliphatic carbocycles. The van der Waals surface area contributed by atoms with Gasteiger partial charge in [-0.3, -0.25) is 24.1 Å². The number of halogens is 1. The number of hydrogen-bond donors (Lipinski definition) is 0. The number of likely N-dealkylation sites (tertiary alicyclic amines) is 1. The lowest BCUT2D eigenvalue weighted by atomic mass is 10.3. The normalized spacial score (nSPS) is 15.2. The van der Waals surface area contributed by atoms with Crippen LogP contribution in [0.25, 0.3) is 10.2 Å². The molecule has 3 rings (SSSR count). The monoisotopic (exact) mass is 379 g/mol. The summed E-state index contributed by atoms with van der Waals surface area (Å²) in [4.78, 5) is 51.9. The van der Waals surface area contributed by atoms with Crippen LogP contribution in [0, 0.1) is 5.82 Å². The number of benzene rings is 1. The average molecular weight is 379 g/mol. The van der Waals surface area contributed by atoms with Crippen molar-refractivity contribution in [2.75, 3.05) is 13.7 Å². The molecule has 1 saturated heterocycles. The number of imide groups is 1. The summed E-state index contributed by atoms with van der Waals surface area (Å²) in [5.41, 5.74) is 0.128. The van der Waals surface area contributed by atoms with Crippen LogP contribution in [0.3, 0.4) is 0 Å². The Morgan fingerprint density at radius 2 is 1.92 bits per heavy atom. The average Bonchev–Trinajstić information content (AvgIpc) is 3.10. The van der Waals surface area contributed by atoms with Crippen LogP contribution in [0.2, 0.25) is 0 Å². The molecule has 0 unspecified atom stereocenters. The molecule has 1 aromatic heterocycles. The van der Waals surface area contributed by atoms with E-state index in [4.69, 9.17) is 0 Å². The lowest BCUT2D eigenvalue weighted by Crippen LogP contribution is -2.34. The lowest BCUT2D eigenvalue weighted by Gasteiger charge is -2.10. The molecule has 136 valence electrons. The van der Waals surface area contributed by atoms with Crippen LogP contribution in [-0.4, -0.2) is 46.8 Å². The molecule has 1 aliphatic heterocycles. The van der Waals surface area contributed by atoms with Crippen molar-refractivity contribution in [3.63, 3.8) is 0 Å². The number of hydrogen-bond acceptors (Lipinski definition) is 6. The van der Waals surface area contributed by atoms with Gasteiger partial charge in [0.1, 0.15) is 18.9 Å². The van der Waals surface area contributed by atoms with E-state index < -0.39 is 36.1 Å². The minimum absolute atomic E-state index is 0.0720. The van der Waals surface area contributed by atoms with Crippen LogP contribution in [0.1, 0.15) is 12.8 Å². The third-order valence-electron chi connectivity index (χ3n) is 3.84. The number of fused-ring (bicyclic) bond motifs is 1. The van der Waals surface area contributed by atoms with Crippen molar-refractivity contribution in [1.82, 2.24) is 9.47 Å². The Kier molecular flexibility index (Phi) is 4.94. The van der Waals surface area contributed by atoms with Crippen LogP contribution in [0.4, 0.5) is 4.39 Å². The lowest BCUT2D eigenvalue weighted by molar-refractivity contribution is -0.142. The van der Waals surface area contributed by atoms with Crippen molar-refractivity contribution >= 4 is 45.2 Å². The summed E-state index contributed by atoms with van der Waals surface area (Å²) >= 11 is 1.02. The van der Waals surface area contributed by atoms with E-state index in [0.717, 1.165) is 16.2 Å². The molecule has 0 saturated carbocycles. The summed E-state index contributed by atoms with van der Waals surface area (Å²) in [6.07, 6.45) is 0.144. The van der Waals surface area contributed by atoms with Gasteiger partial charge in [-0.25, -0.2) is 4.39 Å². The molecule has 8 nitrogen and oxygen atoms in total. The first kappa shape index (κ1) is 17.9. The number of para-hydroxylation sites is 1. The molecule has 0 bridgehead atoms. The molecule has 0 N–H and O–H groups in total. The van der Waals surface area contributed by atoms with Crippen molar-refractivity contribution in [2.45, 2.75) is 19.4 Å². The predicted octanol–water partition coefficient (Wildman–Crippen LogP) is 0.591. The third-order valence-corrected chi connectivity index (χ3v) is 4.88. The van der Waals surface area contributed by atoms with Gasteiger partial charge in [0.05, 0.1) is 17.3 Å². The van der Waals surface area contributed by atoms with Crippen molar-refractivity contribution in [1.29, 1.82) is 0 Å². The zero-order valence-corrected chi connectivity index (χ0v) is 14.5. The molecule has 2 heterocycles. The molecule has 0 spiro atoms. The van der Waals surface area contributed by atoms with Crippen LogP contribution in [0.15, 0.2) is 23.2 Å². The predicted molar refractivity (Wildman–Crippen MR) is 88.3 cm³/mol. The number of nitrogens with zero attached hydrogens (tertiary/aromatic N) is 3. The number of amides is 3. The largest absolute Gasteiger partial charge is 0.468 e. The van der Waals surface area contributed by atoms with Gasteiger partial charge < -0.3 is 9.30 Å². The molecule has 1 fully saturated rings. The maximum absolute atomic E-state index is 14.2. The summed E-state index contributed by atoms with van der Waals surface area (Å²) < 4.78 is 20.5. The van der Waals surface area contributed by atoms with Gasteiger partial charge in [-0.05, 0) is 12.1 Å². The van der Waals surface area contributed by atoms with Gasteiger partial charge in [-0.1, -0.05) is 17.4 Å². The highest BCUT2D eigenvalue weighted by molar-refractivity contribution is 7.16. The highest BCUT2D eigenvalue weighted by Crippen LogP contribution is 2.20. The second-order valence-electron chi connectivity index (χ2n) is 5.51. The Morgan fingerprint density at radius 3 is 2.58 bits per heavy atom. The van der Waals surface area contributed by atoms with Gasteiger partial charge in [0.15, 0.2) is 4.80 Å². The maximum atomic E-state index is 14.2. The van der Waals surface area contributed by atoms with Crippen LogP contribution in [-0.2, 0) is 30.5 Å². The fourth-order valence-corrected chi connectivity index (χ4v) is 3.65. The molecule has 2 aromatic rings. The Labute approximate surface area is 150 Å². The van der Waals surface area contributed by atoms with Gasteiger partial charge >= 0.3 is 5.97 Å². The quantitative estimate of drug-likeness (QED) is 0.572. The van der Waals surface area contributed by atoms with Crippen LogP contribution >= 0.6 is 11.3 Å². The van der Waals surface area contributed by atoms with Crippen molar-refractivity contribution in [3.05, 3.63) is 28.8 Å². The Balaban J connectivity index is 2.01. The highest BCUT2D eigenvalue weighted by atomic mass is 32.1. The molecule has 0 atom stereocenters. The standard InChI is InChI=1S/C16H14FN3O5S/c1-25-14(24)8-20-15-9(17)3-2-4-10(15)26-16(20)18-11(21)7-19-12(22)5-6-13(19)23/h2-4H,5-8H2,1H3. The van der Waals surface area contributed by atoms with E-state index in [-0.39, 0.29) is 29.7 Å². The Morgan fingerprint density at radius 1 is 1.23 bits per heavy atom. The molecule has 0 radical (unpaired) electrons. The van der Waals surface area contributed by atoms with E-state index in [2.05, 4.69) is 9.73 Å². The van der Waals surface area contributed by atoms with Gasteiger partial charge in [-0.2, -0.15) is 4.99 Å². The van der Waals surface area contributed by atoms with Gasteiger partial charge in [0, 0.05) is 12.8 Å². The molecular weight excluding hydrogens is 365 g/mol. The second kappa shape index (κ2) is 7.16. The van der Waals surface area contributed by atoms with E-state index >= 15 is 0 Å². The van der Waals surface area contributed by atoms with Gasteiger partial charge in [0.25, 0.3) is 5.91 Å². The molecule has 3 amide bonds. The fraction of sp³-hybridized carbons (Fsp3) is 0.312. The SMILES string of the molecule is COC(=O)Cn1c(=NC(=O)CN2C(=O)CCC2=O)sc2cccc(F)c21. The zero-order valence-electron chi connectivity index (χ0n) is 13.7. The zero-order chi connectivity index (χ0) is 18.8. The van der Waals surface area contributed by atoms with E-state index in [9.17, 15) is 23.6 Å². The minimum Gasteiger partial charge on any atom is -0.468 e. The maximum Gasteiger partial charge on any atom is 0.325 e. The fourth-order valence-electron chi connectivity index (χ4n) is 2.59. The molecular formula is C16H14FN3O5S. The summed E-state index contributed by atoms with van der Waals surface area (Å²) in [6.45, 7) is -0.808. The number of methoxy groups -OCH3 is 1. The second-order valence-corrected chi connectivity index (χ2v) is 6.52. The number of ether oxygens (including phenoxy) is 1. The highest BCUT2D eigenvalue weighted by Gasteiger charge is 2.30. The minimum atomic E-state index is -0.737. The van der Waals surface area contributed by atoms with E-state index in [1.54, 1.807) is 6.07 Å². The number of esters is 1. The molecule has 1 aliphatic rings. The van der Waals surface area contributed by atoms with E-state index in [0.29, 0.717) is 4.70 Å². The Bertz CT molecular complexity index is 977. The molecule has 10 heteroatoms. The number of aromatic nitrogens is 1. The number of rotatable bonds is 4. The van der Waals surface area contributed by atoms with Crippen LogP contribution in [0.5, 0.6) is 0 Å². The summed E-state index contributed by atoms with van der Waals surface area (Å²) in [5.74, 6) is -2.79. The van der Waals surface area contributed by atoms with Gasteiger partial charge in [-0.15, -0.1) is 0 Å². The van der Waals surface area contributed by atoms with Crippen LogP contribution < -0.4 is 4.80 Å². The first-order chi connectivity index (χ1) is 12.4. The summed E-state index contributed by atoms with van der Waals surface area (Å²) in [6, 6.07) is 4.37. The molecule has 1 aromatic carbocycles. The Hall–Kier alpha value is -2.88. The van der Waals surface area contributed by atoms with E-state index in [1.807, 2.05) is 0 Å². The van der Waals surface area contributed by atoms with Gasteiger partial charge in [0.2, 0.25) is 11.8 Å². The van der Waals surface area contributed by atoms with Crippen molar-refractivity contribution in [2.24, 2.45) is 4.99 Å². The number of thiazole rings is 1. The third kappa shape index (κ3) is 3.40.